The van der Waals surface area contributed by atoms with Crippen LogP contribution in [0.3, 0.4) is 0 Å². The third-order valence-electron chi connectivity index (χ3n) is 4.07. The third kappa shape index (κ3) is 5.14. The Balaban J connectivity index is 1.88. The SMILES string of the molecule is CC(C)(C)c1ccc(C(=O)C(=O)NCCNc2cccc(F)c2C#N)cc1. The summed E-state index contributed by atoms with van der Waals surface area (Å²) in [7, 11) is 0. The number of halogens is 1. The topological polar surface area (TPSA) is 82.0 Å². The summed E-state index contributed by atoms with van der Waals surface area (Å²) in [6.07, 6.45) is 0. The van der Waals surface area contributed by atoms with E-state index in [9.17, 15) is 14.0 Å². The Labute approximate surface area is 158 Å². The zero-order valence-electron chi connectivity index (χ0n) is 15.6. The van der Waals surface area contributed by atoms with Crippen molar-refractivity contribution in [2.24, 2.45) is 0 Å². The van der Waals surface area contributed by atoms with Crippen LogP contribution in [-0.4, -0.2) is 24.8 Å². The average molecular weight is 367 g/mol. The number of rotatable bonds is 6. The van der Waals surface area contributed by atoms with Crippen molar-refractivity contribution >= 4 is 17.4 Å². The monoisotopic (exact) mass is 367 g/mol. The lowest BCUT2D eigenvalue weighted by Crippen LogP contribution is -2.34. The Morgan fingerprint density at radius 1 is 1.07 bits per heavy atom. The molecule has 0 aromatic heterocycles. The molecule has 0 aliphatic heterocycles. The number of nitrogens with zero attached hydrogens (tertiary/aromatic N) is 1. The van der Waals surface area contributed by atoms with E-state index < -0.39 is 17.5 Å². The van der Waals surface area contributed by atoms with Crippen molar-refractivity contribution < 1.29 is 14.0 Å². The minimum atomic E-state index is -0.708. The summed E-state index contributed by atoms with van der Waals surface area (Å²) in [6, 6.07) is 13.0. The van der Waals surface area contributed by atoms with E-state index in [0.717, 1.165) is 5.56 Å². The van der Waals surface area contributed by atoms with Gasteiger partial charge in [0.15, 0.2) is 0 Å². The number of hydrogen-bond acceptors (Lipinski definition) is 4. The normalized spacial score (nSPS) is 10.8. The van der Waals surface area contributed by atoms with Crippen molar-refractivity contribution in [3.63, 3.8) is 0 Å². The average Bonchev–Trinajstić information content (AvgIpc) is 2.64. The molecule has 0 saturated heterocycles. The van der Waals surface area contributed by atoms with Crippen LogP contribution < -0.4 is 10.6 Å². The number of nitrogens with one attached hydrogen (secondary N) is 2. The predicted molar refractivity (Wildman–Crippen MR) is 102 cm³/mol. The number of hydrogen-bond donors (Lipinski definition) is 2. The first kappa shape index (κ1) is 20.1. The second-order valence-electron chi connectivity index (χ2n) is 7.11. The van der Waals surface area contributed by atoms with Gasteiger partial charge in [-0.2, -0.15) is 5.26 Å². The molecular formula is C21H22FN3O2. The first-order chi connectivity index (χ1) is 12.7. The van der Waals surface area contributed by atoms with Gasteiger partial charge >= 0.3 is 0 Å². The Kier molecular flexibility index (Phi) is 6.30. The second kappa shape index (κ2) is 8.45. The van der Waals surface area contributed by atoms with Crippen molar-refractivity contribution in [3.8, 4) is 6.07 Å². The zero-order chi connectivity index (χ0) is 20.0. The Morgan fingerprint density at radius 2 is 1.74 bits per heavy atom. The largest absolute Gasteiger partial charge is 0.382 e. The molecule has 2 aromatic rings. The highest BCUT2D eigenvalue weighted by Crippen LogP contribution is 2.22. The molecule has 27 heavy (non-hydrogen) atoms. The van der Waals surface area contributed by atoms with E-state index in [0.29, 0.717) is 11.3 Å². The smallest absolute Gasteiger partial charge is 0.292 e. The molecule has 2 aromatic carbocycles. The Hall–Kier alpha value is -3.20. The van der Waals surface area contributed by atoms with Crippen LogP contribution >= 0.6 is 0 Å². The molecule has 1 amide bonds. The van der Waals surface area contributed by atoms with E-state index in [1.807, 2.05) is 12.1 Å². The standard InChI is InChI=1S/C21H22FN3O2/c1-21(2,3)15-9-7-14(8-10-15)19(26)20(27)25-12-11-24-18-6-4-5-17(22)16(18)13-23/h4-10,24H,11-12H2,1-3H3,(H,25,27). The molecular weight excluding hydrogens is 345 g/mol. The molecule has 0 aliphatic carbocycles. The molecule has 2 rings (SSSR count). The summed E-state index contributed by atoms with van der Waals surface area (Å²) >= 11 is 0. The van der Waals surface area contributed by atoms with E-state index in [2.05, 4.69) is 31.4 Å². The number of ketones is 1. The van der Waals surface area contributed by atoms with Crippen molar-refractivity contribution in [1.29, 1.82) is 5.26 Å². The van der Waals surface area contributed by atoms with Gasteiger partial charge in [0, 0.05) is 18.7 Å². The fourth-order valence-electron chi connectivity index (χ4n) is 2.49. The van der Waals surface area contributed by atoms with Gasteiger partial charge in [-0.3, -0.25) is 9.59 Å². The molecule has 0 aliphatic rings. The van der Waals surface area contributed by atoms with Gasteiger partial charge in [-0.15, -0.1) is 0 Å². The first-order valence-corrected chi connectivity index (χ1v) is 8.59. The van der Waals surface area contributed by atoms with E-state index >= 15 is 0 Å². The van der Waals surface area contributed by atoms with Gasteiger partial charge < -0.3 is 10.6 Å². The molecule has 2 N–H and O–H groups in total. The molecule has 0 atom stereocenters. The van der Waals surface area contributed by atoms with E-state index in [1.165, 1.54) is 12.1 Å². The molecule has 0 unspecified atom stereocenters. The molecule has 0 radical (unpaired) electrons. The number of Topliss-reactive ketones (excluding diaryl/α,β-unsaturated/α-hetero) is 1. The van der Waals surface area contributed by atoms with Gasteiger partial charge in [0.05, 0.1) is 5.69 Å². The van der Waals surface area contributed by atoms with E-state index in [1.54, 1.807) is 24.3 Å². The van der Waals surface area contributed by atoms with Crippen LogP contribution in [-0.2, 0) is 10.2 Å². The molecule has 140 valence electrons. The maximum absolute atomic E-state index is 13.5. The lowest BCUT2D eigenvalue weighted by Gasteiger charge is -2.18. The molecule has 0 heterocycles. The lowest BCUT2D eigenvalue weighted by atomic mass is 9.86. The summed E-state index contributed by atoms with van der Waals surface area (Å²) in [5, 5.41) is 14.4. The van der Waals surface area contributed by atoms with Crippen LogP contribution in [0.2, 0.25) is 0 Å². The number of nitriles is 1. The summed E-state index contributed by atoms with van der Waals surface area (Å²) < 4.78 is 13.5. The summed E-state index contributed by atoms with van der Waals surface area (Å²) in [6.45, 7) is 6.62. The van der Waals surface area contributed by atoms with Crippen molar-refractivity contribution in [2.45, 2.75) is 26.2 Å². The van der Waals surface area contributed by atoms with E-state index in [4.69, 9.17) is 5.26 Å². The van der Waals surface area contributed by atoms with Crippen LogP contribution in [0.5, 0.6) is 0 Å². The molecule has 0 bridgehead atoms. The molecule has 5 nitrogen and oxygen atoms in total. The number of amides is 1. The van der Waals surface area contributed by atoms with Crippen molar-refractivity contribution in [2.75, 3.05) is 18.4 Å². The second-order valence-corrected chi connectivity index (χ2v) is 7.11. The first-order valence-electron chi connectivity index (χ1n) is 8.59. The third-order valence-corrected chi connectivity index (χ3v) is 4.07. The minimum absolute atomic E-state index is 0.0330. The Morgan fingerprint density at radius 3 is 2.33 bits per heavy atom. The number of anilines is 1. The quantitative estimate of drug-likeness (QED) is 0.466. The minimum Gasteiger partial charge on any atom is -0.382 e. The highest BCUT2D eigenvalue weighted by atomic mass is 19.1. The van der Waals surface area contributed by atoms with Crippen LogP contribution in [0.15, 0.2) is 42.5 Å². The summed E-state index contributed by atoms with van der Waals surface area (Å²) in [4.78, 5) is 24.2. The van der Waals surface area contributed by atoms with Crippen LogP contribution in [0.4, 0.5) is 10.1 Å². The summed E-state index contributed by atoms with van der Waals surface area (Å²) in [5.74, 6) is -1.93. The number of benzene rings is 2. The van der Waals surface area contributed by atoms with Gasteiger partial charge in [-0.1, -0.05) is 51.1 Å². The van der Waals surface area contributed by atoms with Crippen LogP contribution in [0.1, 0.15) is 42.3 Å². The van der Waals surface area contributed by atoms with Crippen LogP contribution in [0.25, 0.3) is 0 Å². The van der Waals surface area contributed by atoms with Crippen molar-refractivity contribution in [1.82, 2.24) is 5.32 Å². The fourth-order valence-corrected chi connectivity index (χ4v) is 2.49. The summed E-state index contributed by atoms with van der Waals surface area (Å²) in [5.41, 5.74) is 1.63. The predicted octanol–water partition coefficient (Wildman–Crippen LogP) is 3.41. The molecule has 6 heteroatoms. The van der Waals surface area contributed by atoms with Gasteiger partial charge in [-0.25, -0.2) is 4.39 Å². The number of carbonyl (C=O) groups excluding carboxylic acids is 2. The Bertz CT molecular complexity index is 878. The maximum Gasteiger partial charge on any atom is 0.292 e. The highest BCUT2D eigenvalue weighted by Gasteiger charge is 2.18. The van der Waals surface area contributed by atoms with Gasteiger partial charge in [0.2, 0.25) is 5.78 Å². The van der Waals surface area contributed by atoms with Gasteiger partial charge in [-0.05, 0) is 23.1 Å². The van der Waals surface area contributed by atoms with Crippen molar-refractivity contribution in [3.05, 3.63) is 65.0 Å². The molecule has 0 spiro atoms. The van der Waals surface area contributed by atoms with Gasteiger partial charge in [0.25, 0.3) is 5.91 Å². The fraction of sp³-hybridized carbons (Fsp3) is 0.286. The number of carbonyl (C=O) groups is 2. The van der Waals surface area contributed by atoms with Crippen LogP contribution in [0, 0.1) is 17.1 Å². The highest BCUT2D eigenvalue weighted by molar-refractivity contribution is 6.42. The molecule has 0 fully saturated rings. The lowest BCUT2D eigenvalue weighted by molar-refractivity contribution is -0.116. The zero-order valence-corrected chi connectivity index (χ0v) is 15.6. The van der Waals surface area contributed by atoms with Gasteiger partial charge in [0.1, 0.15) is 17.4 Å². The van der Waals surface area contributed by atoms with E-state index in [-0.39, 0.29) is 24.1 Å². The maximum atomic E-state index is 13.5. The molecule has 0 saturated carbocycles.